The highest BCUT2D eigenvalue weighted by molar-refractivity contribution is 7.45. The number of phosphoric acid groups is 1. The summed E-state index contributed by atoms with van der Waals surface area (Å²) in [5.74, 6) is -0.898. The van der Waals surface area contributed by atoms with Crippen LogP contribution in [0.15, 0.2) is 219 Å². The van der Waals surface area contributed by atoms with Gasteiger partial charge in [0.25, 0.3) is 7.82 Å². The molecule has 0 aliphatic rings. The molecule has 0 saturated carbocycles. The van der Waals surface area contributed by atoms with Crippen molar-refractivity contribution in [3.63, 3.8) is 0 Å². The van der Waals surface area contributed by atoms with Crippen LogP contribution in [0.1, 0.15) is 219 Å². The Balaban J connectivity index is 4.27. The average Bonchev–Trinajstić information content (AvgIpc) is 3.56. The van der Waals surface area contributed by atoms with Crippen molar-refractivity contribution >= 4 is 19.8 Å². The van der Waals surface area contributed by atoms with Crippen LogP contribution in [0.5, 0.6) is 0 Å². The van der Waals surface area contributed by atoms with Crippen LogP contribution < -0.4 is 4.89 Å². The van der Waals surface area contributed by atoms with Crippen LogP contribution in [-0.2, 0) is 32.7 Å². The van der Waals surface area contributed by atoms with Crippen molar-refractivity contribution in [1.82, 2.24) is 0 Å². The SMILES string of the molecule is CC/C=C\C/C=C\C/C=C\C/C=C\C/C=C\C/C=C\C/C=C\C/C=C\C/C=C\CCCCCCCC(=O)OCC(COP(=O)([O-])OCC[N+](C)(C)C)OC(=O)CCCCCCC/C=C\C/C=C\C/C=C\C/C=C\C/C=C\C/C=C\C/C=C\C/C=C\C/C=C\CC. The van der Waals surface area contributed by atoms with Gasteiger partial charge in [-0.2, -0.15) is 0 Å². The Morgan fingerprint density at radius 1 is 0.344 bits per heavy atom. The van der Waals surface area contributed by atoms with Crippen molar-refractivity contribution in [3.8, 4) is 0 Å². The van der Waals surface area contributed by atoms with Gasteiger partial charge in [0.15, 0.2) is 6.10 Å². The first-order valence-corrected chi connectivity index (χ1v) is 35.9. The molecule has 0 saturated heterocycles. The molecule has 502 valence electrons. The summed E-state index contributed by atoms with van der Waals surface area (Å²) in [6.45, 7) is 3.93. The molecule has 0 bridgehead atoms. The summed E-state index contributed by atoms with van der Waals surface area (Å²) in [6.07, 6.45) is 109. The van der Waals surface area contributed by atoms with Crippen LogP contribution in [0, 0.1) is 0 Å². The van der Waals surface area contributed by atoms with Crippen LogP contribution in [-0.4, -0.2) is 70.0 Å². The fourth-order valence-electron chi connectivity index (χ4n) is 8.29. The second-order valence-electron chi connectivity index (χ2n) is 23.1. The molecule has 2 atom stereocenters. The van der Waals surface area contributed by atoms with E-state index in [2.05, 4.69) is 233 Å². The van der Waals surface area contributed by atoms with E-state index in [1.165, 1.54) is 0 Å². The minimum Gasteiger partial charge on any atom is -0.756 e. The number of rotatable bonds is 60. The van der Waals surface area contributed by atoms with Gasteiger partial charge in [-0.25, -0.2) is 0 Å². The second kappa shape index (κ2) is 67.7. The van der Waals surface area contributed by atoms with E-state index in [9.17, 15) is 19.0 Å². The van der Waals surface area contributed by atoms with Gasteiger partial charge in [-0.15, -0.1) is 0 Å². The number of carbonyl (C=O) groups excluding carboxylic acids is 2. The van der Waals surface area contributed by atoms with Crippen LogP contribution >= 0.6 is 7.82 Å². The first-order valence-electron chi connectivity index (χ1n) is 34.4. The van der Waals surface area contributed by atoms with Crippen LogP contribution in [0.25, 0.3) is 0 Å². The van der Waals surface area contributed by atoms with E-state index in [0.29, 0.717) is 23.9 Å². The number of phosphoric ester groups is 1. The molecule has 10 heteroatoms. The largest absolute Gasteiger partial charge is 0.756 e. The normalized spacial score (nSPS) is 14.5. The third-order valence-corrected chi connectivity index (χ3v) is 14.5. The molecule has 0 fully saturated rings. The number of hydrogen-bond acceptors (Lipinski definition) is 8. The van der Waals surface area contributed by atoms with Crippen molar-refractivity contribution in [2.75, 3.05) is 47.5 Å². The average molecular weight is 1260 g/mol. The Kier molecular flexibility index (Phi) is 63.4. The van der Waals surface area contributed by atoms with E-state index >= 15 is 0 Å². The molecule has 0 amide bonds. The number of esters is 2. The lowest BCUT2D eigenvalue weighted by molar-refractivity contribution is -0.870. The highest BCUT2D eigenvalue weighted by Crippen LogP contribution is 2.38. The van der Waals surface area contributed by atoms with Crippen molar-refractivity contribution in [3.05, 3.63) is 219 Å². The van der Waals surface area contributed by atoms with Crippen LogP contribution in [0.4, 0.5) is 0 Å². The van der Waals surface area contributed by atoms with Gasteiger partial charge in [0.2, 0.25) is 0 Å². The molecular weight excluding hydrogens is 1130 g/mol. The monoisotopic (exact) mass is 1260 g/mol. The molecule has 2 unspecified atom stereocenters. The smallest absolute Gasteiger partial charge is 0.306 e. The molecule has 0 aromatic carbocycles. The third kappa shape index (κ3) is 71.4. The van der Waals surface area contributed by atoms with Gasteiger partial charge in [0.05, 0.1) is 27.7 Å². The number of unbranched alkanes of at least 4 members (excludes halogenated alkanes) is 10. The highest BCUT2D eigenvalue weighted by Gasteiger charge is 2.22. The molecular formula is C80H124NO8P. The number of nitrogens with zero attached hydrogens (tertiary/aromatic N) is 1. The van der Waals surface area contributed by atoms with Gasteiger partial charge >= 0.3 is 11.9 Å². The van der Waals surface area contributed by atoms with Gasteiger partial charge < -0.3 is 27.9 Å². The van der Waals surface area contributed by atoms with Crippen LogP contribution in [0.2, 0.25) is 0 Å². The lowest BCUT2D eigenvalue weighted by Gasteiger charge is -2.28. The molecule has 9 nitrogen and oxygen atoms in total. The Morgan fingerprint density at radius 2 is 0.600 bits per heavy atom. The molecule has 0 aliphatic carbocycles. The minimum atomic E-state index is -4.67. The first kappa shape index (κ1) is 84.3. The predicted octanol–water partition coefficient (Wildman–Crippen LogP) is 22.2. The molecule has 0 spiro atoms. The van der Waals surface area contributed by atoms with E-state index in [4.69, 9.17) is 18.5 Å². The minimum absolute atomic E-state index is 0.0519. The van der Waals surface area contributed by atoms with Crippen molar-refractivity contribution in [2.45, 2.75) is 225 Å². The summed E-state index contributed by atoms with van der Waals surface area (Å²) in [5, 5.41) is 0. The van der Waals surface area contributed by atoms with E-state index in [1.54, 1.807) is 0 Å². The molecule has 0 aromatic heterocycles. The number of hydrogen-bond donors (Lipinski definition) is 0. The van der Waals surface area contributed by atoms with Gasteiger partial charge in [0.1, 0.15) is 19.8 Å². The highest BCUT2D eigenvalue weighted by atomic mass is 31.2. The third-order valence-electron chi connectivity index (χ3n) is 13.5. The lowest BCUT2D eigenvalue weighted by atomic mass is 10.1. The number of quaternary nitrogens is 1. The summed E-state index contributed by atoms with van der Waals surface area (Å²) in [5.41, 5.74) is 0. The topological polar surface area (TPSA) is 111 Å². The quantitative estimate of drug-likeness (QED) is 0.0195. The second-order valence-corrected chi connectivity index (χ2v) is 24.5. The molecule has 0 aliphatic heterocycles. The van der Waals surface area contributed by atoms with Gasteiger partial charge in [-0.05, 0) is 154 Å². The predicted molar refractivity (Wildman–Crippen MR) is 387 cm³/mol. The standard InChI is InChI=1S/C80H124NO8P/c1-6-8-10-12-14-16-18-20-22-24-26-28-30-32-34-36-38-40-42-44-46-48-50-52-54-56-58-60-62-64-66-68-70-72-79(82)86-76-78(77-88-90(84,85)87-75-74-81(3,4)5)89-80(83)73-71-69-67-65-63-61-59-57-55-53-51-49-47-45-43-41-39-37-35-33-31-29-27-25-23-21-19-17-15-13-11-9-7-2/h8-11,14-17,20-23,26-29,32-35,38-41,44-47,50-53,56-59,78H,6-7,12-13,18-19,24-25,30-31,36-37,42-43,48-49,54-55,60-77H2,1-5H3/b10-8-,11-9-,16-14-,17-15-,22-20-,23-21-,28-26-,29-27-,34-32-,35-33-,40-38-,41-39-,46-44-,47-45-,52-50-,53-51-,58-56-,59-57-. The van der Waals surface area contributed by atoms with E-state index in [0.717, 1.165) is 180 Å². The number of allylic oxidation sites excluding steroid dienone is 36. The lowest BCUT2D eigenvalue weighted by Crippen LogP contribution is -2.37. The summed E-state index contributed by atoms with van der Waals surface area (Å²) < 4.78 is 34.2. The van der Waals surface area contributed by atoms with E-state index in [-0.39, 0.29) is 26.1 Å². The summed E-state index contributed by atoms with van der Waals surface area (Å²) in [6, 6.07) is 0. The molecule has 0 rings (SSSR count). The first-order chi connectivity index (χ1) is 44.0. The summed E-state index contributed by atoms with van der Waals surface area (Å²) in [4.78, 5) is 38.1. The Morgan fingerprint density at radius 3 is 0.889 bits per heavy atom. The summed E-state index contributed by atoms with van der Waals surface area (Å²) in [7, 11) is 1.10. The maximum atomic E-state index is 12.9. The molecule has 0 radical (unpaired) electrons. The van der Waals surface area contributed by atoms with Crippen molar-refractivity contribution < 1.29 is 42.1 Å². The number of carbonyl (C=O) groups is 2. The zero-order valence-electron chi connectivity index (χ0n) is 57.0. The molecule has 0 heterocycles. The maximum absolute atomic E-state index is 12.9. The number of likely N-dealkylation sites (N-methyl/N-ethyl adjacent to an activating group) is 1. The maximum Gasteiger partial charge on any atom is 0.306 e. The zero-order chi connectivity index (χ0) is 65.5. The molecule has 90 heavy (non-hydrogen) atoms. The molecule has 0 aromatic rings. The Hall–Kier alpha value is -5.67. The summed E-state index contributed by atoms with van der Waals surface area (Å²) >= 11 is 0. The Bertz CT molecular complexity index is 2320. The fourth-order valence-corrected chi connectivity index (χ4v) is 9.01. The van der Waals surface area contributed by atoms with Crippen LogP contribution in [0.3, 0.4) is 0 Å². The molecule has 0 N–H and O–H groups in total. The van der Waals surface area contributed by atoms with E-state index < -0.39 is 32.5 Å². The fraction of sp³-hybridized carbons (Fsp3) is 0.525. The zero-order valence-corrected chi connectivity index (χ0v) is 57.9. The van der Waals surface area contributed by atoms with E-state index in [1.807, 2.05) is 21.1 Å². The van der Waals surface area contributed by atoms with Gasteiger partial charge in [0, 0.05) is 12.8 Å². The number of ether oxygens (including phenoxy) is 2. The van der Waals surface area contributed by atoms with Crippen molar-refractivity contribution in [2.24, 2.45) is 0 Å². The Labute approximate surface area is 550 Å². The van der Waals surface area contributed by atoms with Gasteiger partial charge in [-0.3, -0.25) is 14.2 Å². The van der Waals surface area contributed by atoms with Gasteiger partial charge in [-0.1, -0.05) is 271 Å². The van der Waals surface area contributed by atoms with Crippen molar-refractivity contribution in [1.29, 1.82) is 0 Å².